The molecule has 0 fully saturated rings. The third kappa shape index (κ3) is 6.81. The van der Waals surface area contributed by atoms with Crippen molar-refractivity contribution >= 4 is 11.6 Å². The topological polar surface area (TPSA) is 41.5 Å². The Labute approximate surface area is 120 Å². The van der Waals surface area contributed by atoms with Gasteiger partial charge in [-0.05, 0) is 43.5 Å². The molecule has 0 aliphatic carbocycles. The van der Waals surface area contributed by atoms with E-state index in [2.05, 4.69) is 19.2 Å². The Morgan fingerprint density at radius 3 is 2.79 bits per heavy atom. The first kappa shape index (κ1) is 16.3. The summed E-state index contributed by atoms with van der Waals surface area (Å²) in [4.78, 5) is 0. The van der Waals surface area contributed by atoms with E-state index < -0.39 is 0 Å². The van der Waals surface area contributed by atoms with Crippen molar-refractivity contribution < 1.29 is 9.84 Å². The van der Waals surface area contributed by atoms with Gasteiger partial charge in [-0.25, -0.2) is 0 Å². The van der Waals surface area contributed by atoms with Crippen LogP contribution in [-0.4, -0.2) is 24.9 Å². The lowest BCUT2D eigenvalue weighted by atomic mass is 10.1. The fraction of sp³-hybridized carbons (Fsp3) is 0.600. The number of hydrogen-bond donors (Lipinski definition) is 2. The van der Waals surface area contributed by atoms with Crippen molar-refractivity contribution in [3.8, 4) is 5.75 Å². The van der Waals surface area contributed by atoms with Crippen LogP contribution in [-0.2, 0) is 6.54 Å². The lowest BCUT2D eigenvalue weighted by Gasteiger charge is -2.13. The molecule has 0 radical (unpaired) electrons. The van der Waals surface area contributed by atoms with Crippen LogP contribution in [0.15, 0.2) is 18.2 Å². The number of ether oxygens (including phenoxy) is 1. The Kier molecular flexibility index (Phi) is 7.87. The van der Waals surface area contributed by atoms with Crippen LogP contribution < -0.4 is 10.1 Å². The average Bonchev–Trinajstić information content (AvgIpc) is 2.36. The number of rotatable bonds is 9. The fourth-order valence-electron chi connectivity index (χ4n) is 1.72. The number of aliphatic hydroxyl groups excluding tert-OH is 1. The van der Waals surface area contributed by atoms with E-state index in [1.54, 1.807) is 0 Å². The zero-order chi connectivity index (χ0) is 14.1. The summed E-state index contributed by atoms with van der Waals surface area (Å²) in [6.07, 6.45) is 1.63. The molecule has 108 valence electrons. The predicted molar refractivity (Wildman–Crippen MR) is 79.8 cm³/mol. The first-order valence-electron chi connectivity index (χ1n) is 6.86. The Morgan fingerprint density at radius 2 is 2.11 bits per heavy atom. The number of aliphatic hydroxyl groups is 1. The predicted octanol–water partition coefficient (Wildman–Crippen LogP) is 3.24. The molecule has 0 amide bonds. The van der Waals surface area contributed by atoms with Gasteiger partial charge in [0.2, 0.25) is 0 Å². The molecule has 0 aliphatic rings. The summed E-state index contributed by atoms with van der Waals surface area (Å²) in [6.45, 7) is 6.92. The van der Waals surface area contributed by atoms with Crippen molar-refractivity contribution in [3.05, 3.63) is 28.8 Å². The molecule has 0 spiro atoms. The van der Waals surface area contributed by atoms with Gasteiger partial charge in [-0.1, -0.05) is 25.4 Å². The van der Waals surface area contributed by atoms with Crippen LogP contribution in [0.25, 0.3) is 0 Å². The Balaban J connectivity index is 2.53. The van der Waals surface area contributed by atoms with Crippen molar-refractivity contribution in [1.29, 1.82) is 0 Å². The van der Waals surface area contributed by atoms with Crippen molar-refractivity contribution in [2.24, 2.45) is 5.92 Å². The zero-order valence-electron chi connectivity index (χ0n) is 11.8. The monoisotopic (exact) mass is 285 g/mol. The van der Waals surface area contributed by atoms with E-state index in [4.69, 9.17) is 21.4 Å². The average molecular weight is 286 g/mol. The first-order chi connectivity index (χ1) is 9.13. The molecule has 0 bridgehead atoms. The molecule has 0 aliphatic heterocycles. The second-order valence-electron chi connectivity index (χ2n) is 5.06. The maximum Gasteiger partial charge on any atom is 0.123 e. The zero-order valence-corrected chi connectivity index (χ0v) is 12.5. The molecule has 0 unspecified atom stereocenters. The van der Waals surface area contributed by atoms with Gasteiger partial charge in [-0.15, -0.1) is 0 Å². The van der Waals surface area contributed by atoms with Crippen LogP contribution in [0.2, 0.25) is 5.02 Å². The van der Waals surface area contributed by atoms with Crippen LogP contribution >= 0.6 is 11.6 Å². The summed E-state index contributed by atoms with van der Waals surface area (Å²) in [5.74, 6) is 1.49. The minimum atomic E-state index is 0.215. The van der Waals surface area contributed by atoms with E-state index in [1.807, 2.05) is 18.2 Å². The SMILES string of the molecule is CC(C)CNCc1cc(Cl)ccc1OCCCCO. The Morgan fingerprint density at radius 1 is 1.32 bits per heavy atom. The molecule has 0 saturated carbocycles. The van der Waals surface area contributed by atoms with E-state index in [-0.39, 0.29) is 6.61 Å². The maximum atomic E-state index is 8.74. The van der Waals surface area contributed by atoms with E-state index in [9.17, 15) is 0 Å². The summed E-state index contributed by atoms with van der Waals surface area (Å²) in [5.41, 5.74) is 1.08. The standard InChI is InChI=1S/C15H24ClNO2/c1-12(2)10-17-11-13-9-14(16)5-6-15(13)19-8-4-3-7-18/h5-6,9,12,17-18H,3-4,7-8,10-11H2,1-2H3. The molecule has 0 atom stereocenters. The fourth-order valence-corrected chi connectivity index (χ4v) is 1.91. The highest BCUT2D eigenvalue weighted by atomic mass is 35.5. The van der Waals surface area contributed by atoms with Crippen LogP contribution in [0.1, 0.15) is 32.3 Å². The second-order valence-corrected chi connectivity index (χ2v) is 5.49. The minimum Gasteiger partial charge on any atom is -0.493 e. The van der Waals surface area contributed by atoms with E-state index >= 15 is 0 Å². The Bertz CT molecular complexity index is 369. The van der Waals surface area contributed by atoms with Gasteiger partial charge < -0.3 is 15.2 Å². The summed E-state index contributed by atoms with van der Waals surface area (Å²) in [6, 6.07) is 5.69. The number of hydrogen-bond acceptors (Lipinski definition) is 3. The third-order valence-corrected chi connectivity index (χ3v) is 2.94. The lowest BCUT2D eigenvalue weighted by Crippen LogP contribution is -2.19. The molecule has 4 heteroatoms. The molecule has 3 nitrogen and oxygen atoms in total. The van der Waals surface area contributed by atoms with Crippen LogP contribution in [0.5, 0.6) is 5.75 Å². The summed E-state index contributed by atoms with van der Waals surface area (Å²) >= 11 is 6.03. The number of unbranched alkanes of at least 4 members (excludes halogenated alkanes) is 1. The summed E-state index contributed by atoms with van der Waals surface area (Å²) in [5, 5.41) is 12.9. The van der Waals surface area contributed by atoms with Gasteiger partial charge >= 0.3 is 0 Å². The molecule has 1 rings (SSSR count). The molecule has 1 aromatic rings. The summed E-state index contributed by atoms with van der Waals surface area (Å²) in [7, 11) is 0. The molecular weight excluding hydrogens is 262 g/mol. The van der Waals surface area contributed by atoms with Crippen molar-refractivity contribution in [1.82, 2.24) is 5.32 Å². The van der Waals surface area contributed by atoms with Crippen LogP contribution in [0.3, 0.4) is 0 Å². The van der Waals surface area contributed by atoms with Gasteiger partial charge in [0.25, 0.3) is 0 Å². The third-order valence-electron chi connectivity index (χ3n) is 2.70. The van der Waals surface area contributed by atoms with E-state index in [0.717, 1.165) is 42.3 Å². The van der Waals surface area contributed by atoms with Gasteiger partial charge in [0, 0.05) is 23.7 Å². The molecule has 1 aromatic carbocycles. The summed E-state index contributed by atoms with van der Waals surface area (Å²) < 4.78 is 5.74. The molecule has 0 saturated heterocycles. The molecule has 19 heavy (non-hydrogen) atoms. The minimum absolute atomic E-state index is 0.215. The Hall–Kier alpha value is -0.770. The van der Waals surface area contributed by atoms with Crippen molar-refractivity contribution in [2.45, 2.75) is 33.2 Å². The van der Waals surface area contributed by atoms with Crippen LogP contribution in [0.4, 0.5) is 0 Å². The smallest absolute Gasteiger partial charge is 0.123 e. The quantitative estimate of drug-likeness (QED) is 0.685. The normalized spacial score (nSPS) is 11.0. The van der Waals surface area contributed by atoms with Gasteiger partial charge in [0.05, 0.1) is 6.61 Å². The molecule has 0 aromatic heterocycles. The van der Waals surface area contributed by atoms with Crippen molar-refractivity contribution in [2.75, 3.05) is 19.8 Å². The van der Waals surface area contributed by atoms with Gasteiger partial charge in [0.15, 0.2) is 0 Å². The number of benzene rings is 1. The highest BCUT2D eigenvalue weighted by Gasteiger charge is 2.05. The number of nitrogens with one attached hydrogen (secondary N) is 1. The van der Waals surface area contributed by atoms with E-state index in [0.29, 0.717) is 12.5 Å². The van der Waals surface area contributed by atoms with Gasteiger partial charge in [0.1, 0.15) is 5.75 Å². The highest BCUT2D eigenvalue weighted by molar-refractivity contribution is 6.30. The van der Waals surface area contributed by atoms with Gasteiger partial charge in [-0.3, -0.25) is 0 Å². The van der Waals surface area contributed by atoms with Crippen molar-refractivity contribution in [3.63, 3.8) is 0 Å². The van der Waals surface area contributed by atoms with Crippen LogP contribution in [0, 0.1) is 5.92 Å². The molecule has 0 heterocycles. The maximum absolute atomic E-state index is 8.74. The first-order valence-corrected chi connectivity index (χ1v) is 7.24. The largest absolute Gasteiger partial charge is 0.493 e. The lowest BCUT2D eigenvalue weighted by molar-refractivity contribution is 0.252. The second kappa shape index (κ2) is 9.18. The molecule has 2 N–H and O–H groups in total. The van der Waals surface area contributed by atoms with E-state index in [1.165, 1.54) is 0 Å². The molecular formula is C15H24ClNO2. The number of halogens is 1. The highest BCUT2D eigenvalue weighted by Crippen LogP contribution is 2.23. The van der Waals surface area contributed by atoms with Gasteiger partial charge in [-0.2, -0.15) is 0 Å².